The fourth-order valence-corrected chi connectivity index (χ4v) is 0.615. The Morgan fingerprint density at radius 2 is 2.50 bits per heavy atom. The molecule has 1 aliphatic heterocycles. The van der Waals surface area contributed by atoms with Crippen LogP contribution in [0.5, 0.6) is 0 Å². The Morgan fingerprint density at radius 1 is 1.75 bits per heavy atom. The first-order valence-corrected chi connectivity index (χ1v) is 2.70. The second kappa shape index (κ2) is 1.85. The van der Waals surface area contributed by atoms with Crippen LogP contribution in [0, 0.1) is 0 Å². The predicted molar refractivity (Wildman–Crippen MR) is 35.8 cm³/mol. The normalized spacial score (nSPS) is 16.1. The van der Waals surface area contributed by atoms with Crippen molar-refractivity contribution in [3.63, 3.8) is 0 Å². The predicted octanol–water partition coefficient (Wildman–Crippen LogP) is -0.168. The van der Waals surface area contributed by atoms with Crippen LogP contribution in [0.4, 0.5) is 0 Å². The molecule has 0 radical (unpaired) electrons. The van der Waals surface area contributed by atoms with Gasteiger partial charge < -0.3 is 0 Å². The van der Waals surface area contributed by atoms with E-state index < -0.39 is 0 Å². The summed E-state index contributed by atoms with van der Waals surface area (Å²) in [5, 5.41) is 0. The van der Waals surface area contributed by atoms with Gasteiger partial charge in [-0.1, -0.05) is 6.92 Å². The Morgan fingerprint density at radius 3 is 2.75 bits per heavy atom. The Kier molecular flexibility index (Phi) is 1.18. The molecule has 1 aliphatic rings. The van der Waals surface area contributed by atoms with Crippen molar-refractivity contribution < 1.29 is 0 Å². The average Bonchev–Trinajstić information content (AvgIpc) is 2.14. The quantitative estimate of drug-likeness (QED) is 0.467. The third-order valence-electron chi connectivity index (χ3n) is 1.12. The molecule has 0 aliphatic carbocycles. The summed E-state index contributed by atoms with van der Waals surface area (Å²) in [5.74, 6) is 0.627. The maximum atomic E-state index is 5.34. The number of nitrogens with zero attached hydrogens (tertiary/aromatic N) is 1. The van der Waals surface area contributed by atoms with Crippen molar-refractivity contribution in [3.05, 3.63) is 11.6 Å². The molecule has 2 heteroatoms. The van der Waals surface area contributed by atoms with E-state index >= 15 is 0 Å². The monoisotopic (exact) mass is 109 g/mol. The van der Waals surface area contributed by atoms with Gasteiger partial charge >= 0.3 is 5.84 Å². The number of rotatable bonds is 1. The highest BCUT2D eigenvalue weighted by molar-refractivity contribution is 6.03. The molecular formula is C6H9N2+. The van der Waals surface area contributed by atoms with Crippen molar-refractivity contribution in [2.75, 3.05) is 0 Å². The SMILES string of the molecule is CCC1=CC(N)=[N+]=C1. The van der Waals surface area contributed by atoms with Crippen LogP contribution in [0.2, 0.25) is 0 Å². The third kappa shape index (κ3) is 0.796. The van der Waals surface area contributed by atoms with Gasteiger partial charge in [0, 0.05) is 5.57 Å². The number of hydrogen-bond acceptors (Lipinski definition) is 1. The largest absolute Gasteiger partial charge is 0.366 e. The van der Waals surface area contributed by atoms with E-state index in [9.17, 15) is 0 Å². The highest BCUT2D eigenvalue weighted by Crippen LogP contribution is 1.95. The zero-order valence-corrected chi connectivity index (χ0v) is 4.89. The summed E-state index contributed by atoms with van der Waals surface area (Å²) in [4.78, 5) is 0. The summed E-state index contributed by atoms with van der Waals surface area (Å²) < 4.78 is 3.87. The van der Waals surface area contributed by atoms with E-state index in [0.717, 1.165) is 6.42 Å². The Labute approximate surface area is 48.4 Å². The van der Waals surface area contributed by atoms with Gasteiger partial charge in [-0.2, -0.15) is 0 Å². The average molecular weight is 109 g/mol. The van der Waals surface area contributed by atoms with Crippen molar-refractivity contribution in [2.24, 2.45) is 5.73 Å². The van der Waals surface area contributed by atoms with Crippen LogP contribution >= 0.6 is 0 Å². The minimum atomic E-state index is 0.627. The van der Waals surface area contributed by atoms with Crippen LogP contribution in [0.25, 0.3) is 0 Å². The van der Waals surface area contributed by atoms with Gasteiger partial charge in [0.05, 0.1) is 6.08 Å². The number of nitrogens with two attached hydrogens (primary N) is 1. The lowest BCUT2D eigenvalue weighted by Gasteiger charge is -1.78. The highest BCUT2D eigenvalue weighted by Gasteiger charge is 2.04. The van der Waals surface area contributed by atoms with Gasteiger partial charge in [-0.15, -0.1) is 0 Å². The molecule has 42 valence electrons. The molecular weight excluding hydrogens is 100 g/mol. The molecule has 2 nitrogen and oxygen atoms in total. The van der Waals surface area contributed by atoms with Crippen molar-refractivity contribution in [1.82, 2.24) is 4.67 Å². The van der Waals surface area contributed by atoms with Crippen LogP contribution in [0.15, 0.2) is 11.6 Å². The van der Waals surface area contributed by atoms with E-state index in [1.54, 1.807) is 6.21 Å². The van der Waals surface area contributed by atoms with Crippen LogP contribution in [-0.4, -0.2) is 12.1 Å². The number of amidine groups is 1. The first kappa shape index (κ1) is 5.13. The Bertz CT molecular complexity index is 183. The zero-order chi connectivity index (χ0) is 5.98. The van der Waals surface area contributed by atoms with Crippen molar-refractivity contribution >= 4 is 12.1 Å². The van der Waals surface area contributed by atoms with Crippen LogP contribution in [0.3, 0.4) is 0 Å². The summed E-state index contributed by atoms with van der Waals surface area (Å²) in [5.41, 5.74) is 6.55. The fraction of sp³-hybridized carbons (Fsp3) is 0.333. The van der Waals surface area contributed by atoms with Crippen molar-refractivity contribution in [1.29, 1.82) is 0 Å². The summed E-state index contributed by atoms with van der Waals surface area (Å²) in [6.07, 6.45) is 4.71. The molecule has 0 spiro atoms. The summed E-state index contributed by atoms with van der Waals surface area (Å²) in [6, 6.07) is 0. The maximum absolute atomic E-state index is 5.34. The van der Waals surface area contributed by atoms with E-state index in [1.165, 1.54) is 5.57 Å². The smallest absolute Gasteiger partial charge is 0.273 e. The molecule has 0 atom stereocenters. The summed E-state index contributed by atoms with van der Waals surface area (Å²) >= 11 is 0. The lowest BCUT2D eigenvalue weighted by Crippen LogP contribution is -2.07. The topological polar surface area (TPSA) is 40.1 Å². The van der Waals surface area contributed by atoms with Crippen LogP contribution < -0.4 is 10.4 Å². The molecule has 1 rings (SSSR count). The summed E-state index contributed by atoms with van der Waals surface area (Å²) in [6.45, 7) is 2.08. The second-order valence-corrected chi connectivity index (χ2v) is 1.76. The first-order chi connectivity index (χ1) is 3.83. The zero-order valence-electron chi connectivity index (χ0n) is 4.89. The van der Waals surface area contributed by atoms with Gasteiger partial charge in [0.15, 0.2) is 6.21 Å². The lowest BCUT2D eigenvalue weighted by molar-refractivity contribution is 1.19. The van der Waals surface area contributed by atoms with E-state index in [1.807, 2.05) is 6.08 Å². The molecule has 0 amide bonds. The van der Waals surface area contributed by atoms with E-state index in [2.05, 4.69) is 11.6 Å². The van der Waals surface area contributed by atoms with E-state index in [-0.39, 0.29) is 0 Å². The molecule has 0 fully saturated rings. The third-order valence-corrected chi connectivity index (χ3v) is 1.12. The minimum absolute atomic E-state index is 0.627. The highest BCUT2D eigenvalue weighted by atomic mass is 14.8. The Hall–Kier alpha value is -1.01. The van der Waals surface area contributed by atoms with Crippen LogP contribution in [0.1, 0.15) is 13.3 Å². The fourth-order valence-electron chi connectivity index (χ4n) is 0.615. The molecule has 0 saturated heterocycles. The molecule has 0 saturated carbocycles. The molecule has 8 heavy (non-hydrogen) atoms. The minimum Gasteiger partial charge on any atom is -0.273 e. The van der Waals surface area contributed by atoms with Gasteiger partial charge in [-0.05, 0) is 6.42 Å². The van der Waals surface area contributed by atoms with Crippen molar-refractivity contribution in [2.45, 2.75) is 13.3 Å². The van der Waals surface area contributed by atoms with Gasteiger partial charge in [0.2, 0.25) is 0 Å². The summed E-state index contributed by atoms with van der Waals surface area (Å²) in [7, 11) is 0. The van der Waals surface area contributed by atoms with Crippen molar-refractivity contribution in [3.8, 4) is 0 Å². The molecule has 0 aromatic heterocycles. The molecule has 1 heterocycles. The van der Waals surface area contributed by atoms with Gasteiger partial charge in [-0.3, -0.25) is 5.73 Å². The molecule has 0 unspecified atom stereocenters. The van der Waals surface area contributed by atoms with Gasteiger partial charge in [0.1, 0.15) is 0 Å². The lowest BCUT2D eigenvalue weighted by atomic mass is 10.2. The molecule has 0 aromatic carbocycles. The number of allylic oxidation sites excluding steroid dienone is 1. The molecule has 2 N–H and O–H groups in total. The Balaban J connectivity index is 2.72. The second-order valence-electron chi connectivity index (χ2n) is 1.76. The van der Waals surface area contributed by atoms with E-state index in [0.29, 0.717) is 5.84 Å². The number of hydrogen-bond donors (Lipinski definition) is 1. The maximum Gasteiger partial charge on any atom is 0.366 e. The first-order valence-electron chi connectivity index (χ1n) is 2.70. The molecule has 0 bridgehead atoms. The standard InChI is InChI=1S/C6H8N2/c1-2-5-3-6(7)8-4-5/h3-4,7H,2H2,1H3/p+1. The van der Waals surface area contributed by atoms with Crippen LogP contribution in [-0.2, 0) is 0 Å². The van der Waals surface area contributed by atoms with Gasteiger partial charge in [-0.25, -0.2) is 4.67 Å². The molecule has 0 aromatic rings. The van der Waals surface area contributed by atoms with E-state index in [4.69, 9.17) is 5.73 Å². The van der Waals surface area contributed by atoms with Gasteiger partial charge in [0.25, 0.3) is 0 Å².